The van der Waals surface area contributed by atoms with Gasteiger partial charge < -0.3 is 54.6 Å². The van der Waals surface area contributed by atoms with Crippen molar-refractivity contribution in [3.63, 3.8) is 0 Å². The van der Waals surface area contributed by atoms with Gasteiger partial charge in [-0.3, -0.25) is 18.6 Å². The predicted molar refractivity (Wildman–Crippen MR) is 245 cm³/mol. The van der Waals surface area contributed by atoms with Crippen LogP contribution in [0.15, 0.2) is 24.3 Å². The quantitative estimate of drug-likeness (QED) is 0.0123. The van der Waals surface area contributed by atoms with Gasteiger partial charge >= 0.3 is 27.6 Å². The normalized spacial score (nSPS) is 20.9. The Morgan fingerprint density at radius 2 is 0.812 bits per heavy atom. The van der Waals surface area contributed by atoms with Gasteiger partial charge in [-0.2, -0.15) is 0 Å². The second-order valence-corrected chi connectivity index (χ2v) is 19.1. The molecule has 0 bridgehead atoms. The van der Waals surface area contributed by atoms with Crippen LogP contribution in [-0.4, -0.2) is 113 Å². The third-order valence-electron chi connectivity index (χ3n) is 10.8. The molecule has 1 fully saturated rings. The summed E-state index contributed by atoms with van der Waals surface area (Å²) in [6, 6.07) is 0. The van der Waals surface area contributed by atoms with Crippen molar-refractivity contribution in [3.8, 4) is 0 Å². The van der Waals surface area contributed by atoms with Gasteiger partial charge in [-0.15, -0.1) is 0 Å². The molecule has 1 saturated carbocycles. The third kappa shape index (κ3) is 35.6. The summed E-state index contributed by atoms with van der Waals surface area (Å²) in [7, 11) is -10.4. The molecular formula is C45H86O17P2. The summed E-state index contributed by atoms with van der Waals surface area (Å²) in [5.74, 6) is -0.607. The zero-order chi connectivity index (χ0) is 48.1. The molecule has 0 heterocycles. The van der Waals surface area contributed by atoms with Gasteiger partial charge in [0, 0.05) is 12.8 Å². The monoisotopic (exact) mass is 961 g/mol. The second kappa shape index (κ2) is 39.4. The van der Waals surface area contributed by atoms with E-state index in [-0.39, 0.29) is 25.2 Å². The first kappa shape index (κ1) is 62.4. The molecule has 19 heteroatoms. The molecule has 2 unspecified atom stereocenters. The summed E-state index contributed by atoms with van der Waals surface area (Å²) in [5.41, 5.74) is 0. The zero-order valence-corrected chi connectivity index (χ0v) is 40.5. The lowest BCUT2D eigenvalue weighted by Gasteiger charge is -2.42. The summed E-state index contributed by atoms with van der Waals surface area (Å²) in [6.45, 7) is 4.11. The first-order valence-electron chi connectivity index (χ1n) is 23.9. The molecule has 0 aliphatic heterocycles. The number of hydrogen-bond acceptors (Lipinski definition) is 13. The molecule has 17 nitrogen and oxygen atoms in total. The highest BCUT2D eigenvalue weighted by molar-refractivity contribution is 7.46. The lowest BCUT2D eigenvalue weighted by atomic mass is 9.85. The van der Waals surface area contributed by atoms with Crippen LogP contribution in [0.5, 0.6) is 0 Å². The van der Waals surface area contributed by atoms with Crippen LogP contribution in [-0.2, 0) is 37.2 Å². The van der Waals surface area contributed by atoms with Crippen LogP contribution in [0.2, 0.25) is 0 Å². The average molecular weight is 961 g/mol. The Hall–Kier alpha value is -1.56. The van der Waals surface area contributed by atoms with Crippen molar-refractivity contribution in [1.29, 1.82) is 0 Å². The number of esters is 2. The van der Waals surface area contributed by atoms with Gasteiger partial charge in [0.25, 0.3) is 0 Å². The third-order valence-corrected chi connectivity index (χ3v) is 11.8. The van der Waals surface area contributed by atoms with Gasteiger partial charge in [0.05, 0.1) is 6.61 Å². The summed E-state index contributed by atoms with van der Waals surface area (Å²) in [6.07, 6.45) is 28.0. The van der Waals surface area contributed by atoms with Gasteiger partial charge in [-0.1, -0.05) is 141 Å². The molecule has 0 spiro atoms. The van der Waals surface area contributed by atoms with Crippen molar-refractivity contribution in [3.05, 3.63) is 24.3 Å². The van der Waals surface area contributed by atoms with Crippen molar-refractivity contribution in [2.45, 2.75) is 236 Å². The summed E-state index contributed by atoms with van der Waals surface area (Å²) >= 11 is 0. The van der Waals surface area contributed by atoms with E-state index in [4.69, 9.17) is 29.0 Å². The van der Waals surface area contributed by atoms with E-state index in [2.05, 4.69) is 47.2 Å². The minimum atomic E-state index is -5.20. The van der Waals surface area contributed by atoms with E-state index in [0.29, 0.717) is 12.8 Å². The Kier molecular flexibility index (Phi) is 38.5. The fourth-order valence-corrected chi connectivity index (χ4v) is 8.19. The van der Waals surface area contributed by atoms with Crippen LogP contribution in [0, 0.1) is 0 Å². The molecule has 0 radical (unpaired) electrons. The lowest BCUT2D eigenvalue weighted by molar-refractivity contribution is -0.215. The van der Waals surface area contributed by atoms with Gasteiger partial charge in [-0.05, 0) is 64.2 Å². The van der Waals surface area contributed by atoms with Crippen LogP contribution < -0.4 is 0 Å². The number of carbonyl (C=O) groups is 2. The molecular weight excluding hydrogens is 874 g/mol. The van der Waals surface area contributed by atoms with Gasteiger partial charge in [-0.25, -0.2) is 9.13 Å². The molecule has 1 aliphatic carbocycles. The van der Waals surface area contributed by atoms with Crippen molar-refractivity contribution in [1.82, 2.24) is 0 Å². The molecule has 1 rings (SSSR count). The smallest absolute Gasteiger partial charge is 0.462 e. The van der Waals surface area contributed by atoms with Crippen molar-refractivity contribution in [2.75, 3.05) is 13.2 Å². The molecule has 0 aromatic rings. The number of carbonyl (C=O) groups excluding carboxylic acids is 2. The number of unbranched alkanes of at least 4 members (excludes halogenated alkanes) is 22. The van der Waals surface area contributed by atoms with Gasteiger partial charge in [0.15, 0.2) is 6.10 Å². The van der Waals surface area contributed by atoms with E-state index in [9.17, 15) is 44.3 Å². The van der Waals surface area contributed by atoms with Crippen molar-refractivity contribution in [2.24, 2.45) is 0 Å². The number of phosphoric acid groups is 2. The summed E-state index contributed by atoms with van der Waals surface area (Å²) in [4.78, 5) is 58.6. The maximum Gasteiger partial charge on any atom is 0.470 e. The molecule has 1 aliphatic rings. The number of rotatable bonds is 38. The Morgan fingerprint density at radius 1 is 0.484 bits per heavy atom. The Morgan fingerprint density at radius 3 is 1.16 bits per heavy atom. The summed E-state index contributed by atoms with van der Waals surface area (Å²) in [5, 5.41) is 47.5. The maximum atomic E-state index is 12.1. The minimum Gasteiger partial charge on any atom is -0.462 e. The topological polar surface area (TPSA) is 287 Å². The first-order valence-corrected chi connectivity index (χ1v) is 27.0. The highest BCUT2D eigenvalue weighted by atomic mass is 31.2. The lowest BCUT2D eigenvalue weighted by Crippen LogP contribution is -2.64. The maximum absolute atomic E-state index is 12.1. The number of phosphoric ester groups is 2. The van der Waals surface area contributed by atoms with Crippen LogP contribution in [0.25, 0.3) is 0 Å². The predicted octanol–water partition coefficient (Wildman–Crippen LogP) is 7.91. The standard InChI is InChI=1S/C39H72O5.C6H14O12P2/c1-3-5-7-9-11-13-15-17-19-21-23-25-27-29-31-33-38(41)43-36-37(35-40)44-39(42)34-32-30-28-26-24-22-20-18-16-14-12-10-8-6-4-2;7-1-2(8)5(17-19(11,12)13)4(10)6(3(1)9)18-20(14,15)16/h17-20,37,40H,3-16,21-36H2,1-2H3;1-10H,(H2,11,12,13)(H2,14,15,16)/b19-17-,20-18-;/t37-;1?,2-,3+,4?,5+,6-/m0./s1. The second-order valence-electron chi connectivity index (χ2n) is 16.7. The van der Waals surface area contributed by atoms with Crippen LogP contribution in [0.1, 0.15) is 194 Å². The van der Waals surface area contributed by atoms with E-state index in [1.54, 1.807) is 0 Å². The minimum absolute atomic E-state index is 0.0709. The van der Waals surface area contributed by atoms with Crippen molar-refractivity contribution < 1.29 is 82.3 Å². The van der Waals surface area contributed by atoms with Crippen LogP contribution in [0.4, 0.5) is 0 Å². The number of hydrogen-bond donors (Lipinski definition) is 9. The Balaban J connectivity index is 0.00000164. The number of allylic oxidation sites excluding steroid dienone is 4. The van der Waals surface area contributed by atoms with E-state index in [0.717, 1.165) is 51.4 Å². The molecule has 9 N–H and O–H groups in total. The fraction of sp³-hybridized carbons (Fsp3) is 0.867. The average Bonchev–Trinajstić information content (AvgIpc) is 3.24. The SMILES string of the molecule is CCCCCCCC/C=C\CCCCCCCC(=O)OC[C@H](CO)OC(=O)CCCCCCC/C=C\CCCCCCCC.O=P(O)(O)O[C@@H]1C(O)[C@H](OP(=O)(O)O)[C@@H](O)C(O)[C@H]1O. The number of aliphatic hydroxyl groups is 5. The van der Waals surface area contributed by atoms with E-state index >= 15 is 0 Å². The van der Waals surface area contributed by atoms with Crippen molar-refractivity contribution >= 4 is 27.6 Å². The van der Waals surface area contributed by atoms with E-state index in [1.165, 1.54) is 116 Å². The Labute approximate surface area is 382 Å². The highest BCUT2D eigenvalue weighted by Crippen LogP contribution is 2.45. The number of ether oxygens (including phenoxy) is 2. The van der Waals surface area contributed by atoms with Crippen LogP contribution in [0.3, 0.4) is 0 Å². The molecule has 0 aromatic heterocycles. The highest BCUT2D eigenvalue weighted by Gasteiger charge is 2.53. The molecule has 0 aromatic carbocycles. The first-order chi connectivity index (χ1) is 30.5. The fourth-order valence-electron chi connectivity index (χ4n) is 7.06. The number of aliphatic hydroxyl groups excluding tert-OH is 5. The molecule has 0 saturated heterocycles. The molecule has 64 heavy (non-hydrogen) atoms. The summed E-state index contributed by atoms with van der Waals surface area (Å²) < 4.78 is 40.0. The molecule has 378 valence electrons. The Bertz CT molecular complexity index is 1270. The molecule has 7 atom stereocenters. The van der Waals surface area contributed by atoms with E-state index in [1.807, 2.05) is 0 Å². The van der Waals surface area contributed by atoms with Crippen LogP contribution >= 0.6 is 15.6 Å². The van der Waals surface area contributed by atoms with Gasteiger partial charge in [0.1, 0.15) is 43.2 Å². The largest absolute Gasteiger partial charge is 0.470 e. The van der Waals surface area contributed by atoms with Gasteiger partial charge in [0.2, 0.25) is 0 Å². The zero-order valence-electron chi connectivity index (χ0n) is 38.7. The van der Waals surface area contributed by atoms with E-state index < -0.39 is 58.4 Å². The molecule has 0 amide bonds.